The summed E-state index contributed by atoms with van der Waals surface area (Å²) >= 11 is 0. The SMILES string of the molecule is Cc1noc(C)c1-c1cnc(N2CC(C)OC(C)C2)c(C=O)c1. The molecule has 2 aromatic heterocycles. The normalized spacial score (nSPS) is 21.5. The summed E-state index contributed by atoms with van der Waals surface area (Å²) in [4.78, 5) is 18.2. The molecule has 2 aromatic rings. The molecule has 0 spiro atoms. The van der Waals surface area contributed by atoms with Crippen molar-refractivity contribution < 1.29 is 14.1 Å². The van der Waals surface area contributed by atoms with E-state index < -0.39 is 0 Å². The Kier molecular flexibility index (Phi) is 4.17. The first-order valence-corrected chi connectivity index (χ1v) is 7.78. The Labute approximate surface area is 135 Å². The van der Waals surface area contributed by atoms with Gasteiger partial charge in [-0.15, -0.1) is 0 Å². The van der Waals surface area contributed by atoms with E-state index in [1.807, 2.05) is 33.8 Å². The topological polar surface area (TPSA) is 68.5 Å². The van der Waals surface area contributed by atoms with Crippen LogP contribution in [0.25, 0.3) is 11.1 Å². The number of hydrogen-bond donors (Lipinski definition) is 0. The van der Waals surface area contributed by atoms with Gasteiger partial charge in [0.15, 0.2) is 6.29 Å². The van der Waals surface area contributed by atoms with Crippen LogP contribution in [0.1, 0.15) is 35.7 Å². The van der Waals surface area contributed by atoms with Crippen LogP contribution in [-0.4, -0.2) is 41.7 Å². The Balaban J connectivity index is 1.99. The largest absolute Gasteiger partial charge is 0.372 e. The predicted molar refractivity (Wildman–Crippen MR) is 86.8 cm³/mol. The lowest BCUT2D eigenvalue weighted by Gasteiger charge is -2.36. The fourth-order valence-electron chi connectivity index (χ4n) is 3.21. The van der Waals surface area contributed by atoms with Gasteiger partial charge in [-0.3, -0.25) is 4.79 Å². The third-order valence-electron chi connectivity index (χ3n) is 4.06. The maximum atomic E-state index is 11.6. The van der Waals surface area contributed by atoms with Gasteiger partial charge in [0.2, 0.25) is 0 Å². The van der Waals surface area contributed by atoms with Crippen LogP contribution >= 0.6 is 0 Å². The zero-order valence-electron chi connectivity index (χ0n) is 13.9. The monoisotopic (exact) mass is 315 g/mol. The summed E-state index contributed by atoms with van der Waals surface area (Å²) in [5.41, 5.74) is 3.11. The minimum Gasteiger partial charge on any atom is -0.372 e. The number of aldehydes is 1. The maximum Gasteiger partial charge on any atom is 0.153 e. The molecular formula is C17H21N3O3. The van der Waals surface area contributed by atoms with E-state index in [1.54, 1.807) is 6.20 Å². The van der Waals surface area contributed by atoms with Crippen molar-refractivity contribution in [1.82, 2.24) is 10.1 Å². The molecule has 1 fully saturated rings. The Hall–Kier alpha value is -2.21. The van der Waals surface area contributed by atoms with Crippen molar-refractivity contribution >= 4 is 12.1 Å². The van der Waals surface area contributed by atoms with Gasteiger partial charge in [-0.1, -0.05) is 5.16 Å². The summed E-state index contributed by atoms with van der Waals surface area (Å²) in [6.07, 6.45) is 2.86. The fraction of sp³-hybridized carbons (Fsp3) is 0.471. The second-order valence-electron chi connectivity index (χ2n) is 6.12. The number of morpholine rings is 1. The number of anilines is 1. The van der Waals surface area contributed by atoms with Crippen molar-refractivity contribution in [2.75, 3.05) is 18.0 Å². The Morgan fingerprint density at radius 2 is 1.96 bits per heavy atom. The van der Waals surface area contributed by atoms with E-state index in [9.17, 15) is 4.79 Å². The van der Waals surface area contributed by atoms with E-state index in [-0.39, 0.29) is 12.2 Å². The predicted octanol–water partition coefficient (Wildman–Crippen LogP) is 2.78. The standard InChI is InChI=1S/C17H21N3O3/c1-10-7-20(8-11(2)22-10)17-15(9-21)5-14(6-18-17)16-12(3)19-23-13(16)4/h5-6,9-11H,7-8H2,1-4H3. The number of pyridine rings is 1. The van der Waals surface area contributed by atoms with Gasteiger partial charge in [0, 0.05) is 30.4 Å². The van der Waals surface area contributed by atoms with Crippen LogP contribution in [0.15, 0.2) is 16.8 Å². The molecule has 3 rings (SSSR count). The summed E-state index contributed by atoms with van der Waals surface area (Å²) in [5.74, 6) is 1.43. The van der Waals surface area contributed by atoms with Crippen LogP contribution in [0.5, 0.6) is 0 Å². The number of hydrogen-bond acceptors (Lipinski definition) is 6. The molecular weight excluding hydrogens is 294 g/mol. The van der Waals surface area contributed by atoms with Gasteiger partial charge in [-0.25, -0.2) is 4.98 Å². The zero-order chi connectivity index (χ0) is 16.6. The van der Waals surface area contributed by atoms with E-state index in [1.165, 1.54) is 0 Å². The Bertz CT molecular complexity index is 696. The van der Waals surface area contributed by atoms with Crippen molar-refractivity contribution in [3.8, 4) is 11.1 Å². The molecule has 1 saturated heterocycles. The smallest absolute Gasteiger partial charge is 0.153 e. The minimum atomic E-state index is 0.113. The molecule has 2 unspecified atom stereocenters. The highest BCUT2D eigenvalue weighted by Gasteiger charge is 2.25. The van der Waals surface area contributed by atoms with Crippen LogP contribution in [0.4, 0.5) is 5.82 Å². The van der Waals surface area contributed by atoms with Crippen molar-refractivity contribution in [2.45, 2.75) is 39.9 Å². The molecule has 3 heterocycles. The number of ether oxygens (including phenoxy) is 1. The van der Waals surface area contributed by atoms with Gasteiger partial charge in [0.05, 0.1) is 23.5 Å². The molecule has 2 atom stereocenters. The first-order chi connectivity index (χ1) is 11.0. The van der Waals surface area contributed by atoms with Gasteiger partial charge in [-0.05, 0) is 33.8 Å². The van der Waals surface area contributed by atoms with E-state index in [2.05, 4.69) is 15.0 Å². The second kappa shape index (κ2) is 6.12. The molecule has 1 aliphatic heterocycles. The molecule has 0 bridgehead atoms. The van der Waals surface area contributed by atoms with Gasteiger partial charge < -0.3 is 14.2 Å². The summed E-state index contributed by atoms with van der Waals surface area (Å²) < 4.78 is 11.0. The third kappa shape index (κ3) is 2.99. The first-order valence-electron chi connectivity index (χ1n) is 7.78. The van der Waals surface area contributed by atoms with E-state index in [0.29, 0.717) is 11.4 Å². The molecule has 0 amide bonds. The zero-order valence-corrected chi connectivity index (χ0v) is 13.9. The van der Waals surface area contributed by atoms with Gasteiger partial charge in [-0.2, -0.15) is 0 Å². The van der Waals surface area contributed by atoms with Crippen molar-refractivity contribution in [1.29, 1.82) is 0 Å². The minimum absolute atomic E-state index is 0.113. The van der Waals surface area contributed by atoms with Gasteiger partial charge in [0.1, 0.15) is 11.6 Å². The molecule has 122 valence electrons. The summed E-state index contributed by atoms with van der Waals surface area (Å²) in [6.45, 7) is 9.25. The summed E-state index contributed by atoms with van der Waals surface area (Å²) in [7, 11) is 0. The molecule has 0 saturated carbocycles. The summed E-state index contributed by atoms with van der Waals surface area (Å²) in [5, 5.41) is 3.96. The Morgan fingerprint density at radius 3 is 2.52 bits per heavy atom. The summed E-state index contributed by atoms with van der Waals surface area (Å²) in [6, 6.07) is 1.85. The van der Waals surface area contributed by atoms with E-state index >= 15 is 0 Å². The van der Waals surface area contributed by atoms with Crippen molar-refractivity contribution in [3.05, 3.63) is 29.3 Å². The molecule has 0 N–H and O–H groups in total. The number of nitrogens with zero attached hydrogens (tertiary/aromatic N) is 3. The van der Waals surface area contributed by atoms with Gasteiger partial charge >= 0.3 is 0 Å². The first kappa shape index (κ1) is 15.7. The lowest BCUT2D eigenvalue weighted by atomic mass is 10.0. The molecule has 0 radical (unpaired) electrons. The second-order valence-corrected chi connectivity index (χ2v) is 6.12. The third-order valence-corrected chi connectivity index (χ3v) is 4.06. The quantitative estimate of drug-likeness (QED) is 0.811. The van der Waals surface area contributed by atoms with E-state index in [0.717, 1.165) is 42.0 Å². The highest BCUT2D eigenvalue weighted by molar-refractivity contribution is 5.86. The highest BCUT2D eigenvalue weighted by Crippen LogP contribution is 2.30. The number of aromatic nitrogens is 2. The average molecular weight is 315 g/mol. The highest BCUT2D eigenvalue weighted by atomic mass is 16.5. The van der Waals surface area contributed by atoms with Gasteiger partial charge in [0.25, 0.3) is 0 Å². The van der Waals surface area contributed by atoms with Crippen LogP contribution in [0, 0.1) is 13.8 Å². The van der Waals surface area contributed by atoms with Crippen molar-refractivity contribution in [2.24, 2.45) is 0 Å². The number of carbonyl (C=O) groups is 1. The van der Waals surface area contributed by atoms with E-state index in [4.69, 9.17) is 9.26 Å². The van der Waals surface area contributed by atoms with Crippen LogP contribution < -0.4 is 4.90 Å². The number of carbonyl (C=O) groups excluding carboxylic acids is 1. The molecule has 0 aromatic carbocycles. The van der Waals surface area contributed by atoms with Crippen LogP contribution in [0.3, 0.4) is 0 Å². The molecule has 6 heteroatoms. The fourth-order valence-corrected chi connectivity index (χ4v) is 3.21. The average Bonchev–Trinajstić information content (AvgIpc) is 2.84. The van der Waals surface area contributed by atoms with Crippen LogP contribution in [0.2, 0.25) is 0 Å². The number of rotatable bonds is 3. The molecule has 1 aliphatic rings. The molecule has 6 nitrogen and oxygen atoms in total. The lowest BCUT2D eigenvalue weighted by Crippen LogP contribution is -2.46. The van der Waals surface area contributed by atoms with Crippen molar-refractivity contribution in [3.63, 3.8) is 0 Å². The number of aryl methyl sites for hydroxylation is 2. The maximum absolute atomic E-state index is 11.6. The van der Waals surface area contributed by atoms with Crippen LogP contribution in [-0.2, 0) is 4.74 Å². The molecule has 23 heavy (non-hydrogen) atoms. The molecule has 0 aliphatic carbocycles. The Morgan fingerprint density at radius 1 is 1.26 bits per heavy atom. The lowest BCUT2D eigenvalue weighted by molar-refractivity contribution is -0.00549.